The Hall–Kier alpha value is -3.13. The number of benzene rings is 2. The second-order valence-corrected chi connectivity index (χ2v) is 6.88. The second kappa shape index (κ2) is 12.4. The van der Waals surface area contributed by atoms with E-state index in [9.17, 15) is 9.59 Å². The molecule has 0 unspecified atom stereocenters. The molecule has 0 heterocycles. The Morgan fingerprint density at radius 1 is 0.900 bits per heavy atom. The number of aryl methyl sites for hydroxylation is 1. The van der Waals surface area contributed by atoms with E-state index in [1.807, 2.05) is 24.3 Å². The summed E-state index contributed by atoms with van der Waals surface area (Å²) in [5.41, 5.74) is 6.47. The van der Waals surface area contributed by atoms with E-state index in [1.54, 1.807) is 24.3 Å². The first-order chi connectivity index (χ1) is 14.5. The van der Waals surface area contributed by atoms with Gasteiger partial charge in [0.1, 0.15) is 11.5 Å². The van der Waals surface area contributed by atoms with Crippen molar-refractivity contribution >= 4 is 29.1 Å². The molecule has 7 nitrogen and oxygen atoms in total. The molecule has 160 valence electrons. The van der Waals surface area contributed by atoms with Gasteiger partial charge in [-0.3, -0.25) is 25.8 Å². The lowest BCUT2D eigenvalue weighted by atomic mass is 10.2. The fourth-order valence-electron chi connectivity index (χ4n) is 2.38. The molecule has 8 heteroatoms. The summed E-state index contributed by atoms with van der Waals surface area (Å²) in [5, 5.41) is 2.47. The van der Waals surface area contributed by atoms with E-state index in [4.69, 9.17) is 21.7 Å². The molecule has 0 bridgehead atoms. The third kappa shape index (κ3) is 8.08. The molecular formula is C22H27N3O4S. The number of hydrogen-bond donors (Lipinski definition) is 3. The van der Waals surface area contributed by atoms with Gasteiger partial charge in [0.15, 0.2) is 11.7 Å². The number of thiocarbonyl (C=S) groups is 1. The van der Waals surface area contributed by atoms with Gasteiger partial charge in [-0.25, -0.2) is 0 Å². The number of unbranched alkanes of at least 4 members (excludes halogenated alkanes) is 1. The molecule has 2 aromatic carbocycles. The van der Waals surface area contributed by atoms with Crippen LogP contribution < -0.4 is 25.6 Å². The van der Waals surface area contributed by atoms with Gasteiger partial charge in [-0.15, -0.1) is 0 Å². The van der Waals surface area contributed by atoms with E-state index in [-0.39, 0.29) is 11.7 Å². The Labute approximate surface area is 182 Å². The summed E-state index contributed by atoms with van der Waals surface area (Å²) in [7, 11) is 0. The molecule has 0 atom stereocenters. The molecule has 0 aliphatic carbocycles. The lowest BCUT2D eigenvalue weighted by Crippen LogP contribution is -2.49. The van der Waals surface area contributed by atoms with Crippen LogP contribution in [0.5, 0.6) is 11.5 Å². The minimum Gasteiger partial charge on any atom is -0.494 e. The number of nitrogens with one attached hydrogen (secondary N) is 3. The van der Waals surface area contributed by atoms with E-state index >= 15 is 0 Å². The fraction of sp³-hybridized carbons (Fsp3) is 0.318. The lowest BCUT2D eigenvalue weighted by molar-refractivity contribution is -0.123. The van der Waals surface area contributed by atoms with Gasteiger partial charge in [0.2, 0.25) is 0 Å². The Bertz CT molecular complexity index is 838. The quantitative estimate of drug-likeness (QED) is 0.322. The smallest absolute Gasteiger partial charge is 0.276 e. The zero-order valence-electron chi connectivity index (χ0n) is 17.2. The van der Waals surface area contributed by atoms with Crippen molar-refractivity contribution in [3.05, 3.63) is 59.7 Å². The first-order valence-corrected chi connectivity index (χ1v) is 10.3. The van der Waals surface area contributed by atoms with Gasteiger partial charge in [-0.05, 0) is 67.0 Å². The standard InChI is InChI=1S/C22H27N3O4S/c1-3-5-14-28-18-12-8-17(9-13-18)21(27)23-22(30)25-24-20(26)15-29-19-10-6-16(4-2)7-11-19/h6-13H,3-5,14-15H2,1-2H3,(H,24,26)(H2,23,25,27,30). The number of hydrogen-bond acceptors (Lipinski definition) is 5. The molecule has 2 aromatic rings. The molecule has 0 fully saturated rings. The monoisotopic (exact) mass is 429 g/mol. The van der Waals surface area contributed by atoms with Crippen molar-refractivity contribution in [2.24, 2.45) is 0 Å². The molecule has 3 N–H and O–H groups in total. The zero-order valence-corrected chi connectivity index (χ0v) is 18.0. The van der Waals surface area contributed by atoms with Crippen molar-refractivity contribution in [2.75, 3.05) is 13.2 Å². The number of ether oxygens (including phenoxy) is 2. The topological polar surface area (TPSA) is 88.7 Å². The Balaban J connectivity index is 1.70. The first-order valence-electron chi connectivity index (χ1n) is 9.86. The summed E-state index contributed by atoms with van der Waals surface area (Å²) in [5.74, 6) is 0.478. The fourth-order valence-corrected chi connectivity index (χ4v) is 2.52. The van der Waals surface area contributed by atoms with Crippen molar-refractivity contribution in [3.63, 3.8) is 0 Å². The van der Waals surface area contributed by atoms with Crippen molar-refractivity contribution < 1.29 is 19.1 Å². The zero-order chi connectivity index (χ0) is 21.8. The van der Waals surface area contributed by atoms with E-state index in [0.29, 0.717) is 23.7 Å². The largest absolute Gasteiger partial charge is 0.494 e. The highest BCUT2D eigenvalue weighted by Gasteiger charge is 2.09. The van der Waals surface area contributed by atoms with Crippen molar-refractivity contribution in [1.82, 2.24) is 16.2 Å². The molecule has 0 spiro atoms. The Morgan fingerprint density at radius 2 is 1.53 bits per heavy atom. The van der Waals surface area contributed by atoms with Gasteiger partial charge >= 0.3 is 0 Å². The summed E-state index contributed by atoms with van der Waals surface area (Å²) >= 11 is 5.03. The average Bonchev–Trinajstić information content (AvgIpc) is 2.77. The highest BCUT2D eigenvalue weighted by molar-refractivity contribution is 7.80. The molecule has 0 aliphatic heterocycles. The van der Waals surface area contributed by atoms with Crippen LogP contribution in [0.25, 0.3) is 0 Å². The van der Waals surface area contributed by atoms with E-state index in [2.05, 4.69) is 30.0 Å². The van der Waals surface area contributed by atoms with Crippen LogP contribution in [0.3, 0.4) is 0 Å². The van der Waals surface area contributed by atoms with Gasteiger partial charge in [0, 0.05) is 5.56 Å². The third-order valence-electron chi connectivity index (χ3n) is 4.13. The SMILES string of the molecule is CCCCOc1ccc(C(=O)NC(=S)NNC(=O)COc2ccc(CC)cc2)cc1. The Morgan fingerprint density at radius 3 is 2.17 bits per heavy atom. The molecule has 0 saturated heterocycles. The first kappa shape index (κ1) is 23.2. The van der Waals surface area contributed by atoms with Gasteiger partial charge in [-0.1, -0.05) is 32.4 Å². The minimum atomic E-state index is -0.431. The van der Waals surface area contributed by atoms with E-state index in [0.717, 1.165) is 19.3 Å². The maximum Gasteiger partial charge on any atom is 0.276 e. The third-order valence-corrected chi connectivity index (χ3v) is 4.33. The molecule has 0 aromatic heterocycles. The van der Waals surface area contributed by atoms with Crippen LogP contribution >= 0.6 is 12.2 Å². The van der Waals surface area contributed by atoms with Crippen LogP contribution in [-0.4, -0.2) is 30.1 Å². The van der Waals surface area contributed by atoms with Crippen LogP contribution in [0.1, 0.15) is 42.6 Å². The van der Waals surface area contributed by atoms with E-state index in [1.165, 1.54) is 5.56 Å². The predicted molar refractivity (Wildman–Crippen MR) is 120 cm³/mol. The van der Waals surface area contributed by atoms with Crippen molar-refractivity contribution in [3.8, 4) is 11.5 Å². The Kier molecular flexibility index (Phi) is 9.60. The molecule has 30 heavy (non-hydrogen) atoms. The lowest BCUT2D eigenvalue weighted by Gasteiger charge is -2.12. The summed E-state index contributed by atoms with van der Waals surface area (Å²) in [6.07, 6.45) is 2.97. The van der Waals surface area contributed by atoms with Crippen molar-refractivity contribution in [2.45, 2.75) is 33.1 Å². The normalized spacial score (nSPS) is 10.1. The van der Waals surface area contributed by atoms with Gasteiger partial charge in [-0.2, -0.15) is 0 Å². The van der Waals surface area contributed by atoms with Crippen LogP contribution in [0.4, 0.5) is 0 Å². The van der Waals surface area contributed by atoms with Gasteiger partial charge in [0.05, 0.1) is 6.61 Å². The summed E-state index contributed by atoms with van der Waals surface area (Å²) in [4.78, 5) is 24.1. The molecule has 2 rings (SSSR count). The second-order valence-electron chi connectivity index (χ2n) is 6.47. The highest BCUT2D eigenvalue weighted by Crippen LogP contribution is 2.13. The summed E-state index contributed by atoms with van der Waals surface area (Å²) < 4.78 is 11.0. The maximum atomic E-state index is 12.2. The number of amides is 2. The summed E-state index contributed by atoms with van der Waals surface area (Å²) in [6, 6.07) is 14.3. The number of rotatable bonds is 9. The van der Waals surface area contributed by atoms with E-state index < -0.39 is 11.8 Å². The predicted octanol–water partition coefficient (Wildman–Crippen LogP) is 3.14. The minimum absolute atomic E-state index is 0.0241. The van der Waals surface area contributed by atoms with Gasteiger partial charge < -0.3 is 9.47 Å². The molecule has 0 aliphatic rings. The molecule has 0 saturated carbocycles. The maximum absolute atomic E-state index is 12.2. The van der Waals surface area contributed by atoms with Crippen LogP contribution in [0.15, 0.2) is 48.5 Å². The summed E-state index contributed by atoms with van der Waals surface area (Å²) in [6.45, 7) is 4.61. The van der Waals surface area contributed by atoms with Crippen LogP contribution in [0, 0.1) is 0 Å². The molecule has 0 radical (unpaired) electrons. The molecular weight excluding hydrogens is 402 g/mol. The average molecular weight is 430 g/mol. The number of hydrazine groups is 1. The van der Waals surface area contributed by atoms with Gasteiger partial charge in [0.25, 0.3) is 11.8 Å². The number of carbonyl (C=O) groups is 2. The van der Waals surface area contributed by atoms with Crippen LogP contribution in [0.2, 0.25) is 0 Å². The van der Waals surface area contributed by atoms with Crippen molar-refractivity contribution in [1.29, 1.82) is 0 Å². The molecule has 2 amide bonds. The number of carbonyl (C=O) groups excluding carboxylic acids is 2. The van der Waals surface area contributed by atoms with Crippen LogP contribution in [-0.2, 0) is 11.2 Å². The highest BCUT2D eigenvalue weighted by atomic mass is 32.1.